The van der Waals surface area contributed by atoms with Gasteiger partial charge in [0.2, 0.25) is 0 Å². The lowest BCUT2D eigenvalue weighted by atomic mass is 10.2. The summed E-state index contributed by atoms with van der Waals surface area (Å²) < 4.78 is 10.2. The molecule has 0 saturated heterocycles. The predicted molar refractivity (Wildman–Crippen MR) is 93.0 cm³/mol. The Morgan fingerprint density at radius 1 is 1.08 bits per heavy atom. The molecule has 0 atom stereocenters. The molecule has 2 aromatic rings. The number of carbonyl (C=O) groups is 2. The van der Waals surface area contributed by atoms with Crippen molar-refractivity contribution in [3.63, 3.8) is 0 Å². The van der Waals surface area contributed by atoms with Crippen molar-refractivity contribution in [2.45, 2.75) is 6.92 Å². The minimum atomic E-state index is -0.408. The van der Waals surface area contributed by atoms with Gasteiger partial charge >= 0.3 is 5.97 Å². The minimum absolute atomic E-state index is 0.223. The van der Waals surface area contributed by atoms with E-state index in [1.807, 2.05) is 0 Å². The second-order valence-electron chi connectivity index (χ2n) is 4.71. The Morgan fingerprint density at radius 3 is 2.46 bits per heavy atom. The number of anilines is 1. The number of rotatable bonds is 6. The van der Waals surface area contributed by atoms with E-state index >= 15 is 0 Å². The zero-order chi connectivity index (χ0) is 17.5. The summed E-state index contributed by atoms with van der Waals surface area (Å²) in [6.07, 6.45) is 0. The normalized spacial score (nSPS) is 10.1. The first-order chi connectivity index (χ1) is 11.5. The van der Waals surface area contributed by atoms with Crippen LogP contribution >= 0.6 is 23.2 Å². The third-order valence-electron chi connectivity index (χ3n) is 2.93. The van der Waals surface area contributed by atoms with Crippen LogP contribution in [0.25, 0.3) is 0 Å². The van der Waals surface area contributed by atoms with Crippen molar-refractivity contribution >= 4 is 40.8 Å². The standard InChI is InChI=1S/C17H15Cl2NO4/c1-2-23-17(22)11-3-6-13(7-4-11)20-16(21)10-24-15-9-12(18)5-8-14(15)19/h3-9H,2,10H2,1H3,(H,20,21). The van der Waals surface area contributed by atoms with Crippen LogP contribution in [-0.2, 0) is 9.53 Å². The van der Waals surface area contributed by atoms with E-state index in [4.69, 9.17) is 32.7 Å². The summed E-state index contributed by atoms with van der Waals surface area (Å²) in [6.45, 7) is 1.82. The topological polar surface area (TPSA) is 64.6 Å². The van der Waals surface area contributed by atoms with Crippen molar-refractivity contribution in [1.29, 1.82) is 0 Å². The molecule has 0 aliphatic heterocycles. The summed E-state index contributed by atoms with van der Waals surface area (Å²) in [5.41, 5.74) is 0.950. The first-order valence-corrected chi connectivity index (χ1v) is 7.90. The lowest BCUT2D eigenvalue weighted by molar-refractivity contribution is -0.118. The average Bonchev–Trinajstić information content (AvgIpc) is 2.56. The molecule has 2 rings (SSSR count). The molecule has 0 unspecified atom stereocenters. The van der Waals surface area contributed by atoms with Gasteiger partial charge in [0.1, 0.15) is 5.75 Å². The highest BCUT2D eigenvalue weighted by Gasteiger charge is 2.09. The molecule has 0 fully saturated rings. The molecule has 0 bridgehead atoms. The summed E-state index contributed by atoms with van der Waals surface area (Å²) in [5, 5.41) is 3.48. The number of carbonyl (C=O) groups excluding carboxylic acids is 2. The fourth-order valence-electron chi connectivity index (χ4n) is 1.83. The van der Waals surface area contributed by atoms with Gasteiger partial charge in [0.15, 0.2) is 6.61 Å². The molecule has 0 spiro atoms. The summed E-state index contributed by atoms with van der Waals surface area (Å²) in [5.74, 6) is -0.443. The molecule has 7 heteroatoms. The van der Waals surface area contributed by atoms with Gasteiger partial charge in [-0.25, -0.2) is 4.79 Å². The Kier molecular flexibility index (Phi) is 6.46. The molecule has 0 heterocycles. The van der Waals surface area contributed by atoms with E-state index in [2.05, 4.69) is 5.32 Å². The largest absolute Gasteiger partial charge is 0.482 e. The smallest absolute Gasteiger partial charge is 0.338 e. The van der Waals surface area contributed by atoms with E-state index in [9.17, 15) is 9.59 Å². The Hall–Kier alpha value is -2.24. The maximum absolute atomic E-state index is 11.9. The molecular weight excluding hydrogens is 353 g/mol. The van der Waals surface area contributed by atoms with Gasteiger partial charge in [0.25, 0.3) is 5.91 Å². The molecule has 126 valence electrons. The van der Waals surface area contributed by atoms with Crippen LogP contribution in [0.15, 0.2) is 42.5 Å². The van der Waals surface area contributed by atoms with Crippen molar-refractivity contribution in [3.05, 3.63) is 58.1 Å². The number of benzene rings is 2. The summed E-state index contributed by atoms with van der Waals surface area (Å²) in [4.78, 5) is 23.4. The van der Waals surface area contributed by atoms with Gasteiger partial charge in [-0.15, -0.1) is 0 Å². The zero-order valence-electron chi connectivity index (χ0n) is 12.8. The fraction of sp³-hybridized carbons (Fsp3) is 0.176. The number of nitrogens with one attached hydrogen (secondary N) is 1. The summed E-state index contributed by atoms with van der Waals surface area (Å²) >= 11 is 11.8. The highest BCUT2D eigenvalue weighted by atomic mass is 35.5. The molecule has 0 radical (unpaired) electrons. The number of esters is 1. The molecule has 0 aliphatic rings. The predicted octanol–water partition coefficient (Wildman–Crippen LogP) is 4.19. The van der Waals surface area contributed by atoms with E-state index in [1.54, 1.807) is 43.3 Å². The van der Waals surface area contributed by atoms with Gasteiger partial charge in [-0.1, -0.05) is 23.2 Å². The lowest BCUT2D eigenvalue weighted by Gasteiger charge is -2.09. The van der Waals surface area contributed by atoms with Gasteiger partial charge in [-0.05, 0) is 43.3 Å². The Bertz CT molecular complexity index is 732. The van der Waals surface area contributed by atoms with Gasteiger partial charge in [-0.2, -0.15) is 0 Å². The van der Waals surface area contributed by atoms with Gasteiger partial charge in [0, 0.05) is 16.8 Å². The third-order valence-corrected chi connectivity index (χ3v) is 3.48. The molecular formula is C17H15Cl2NO4. The maximum Gasteiger partial charge on any atom is 0.338 e. The molecule has 5 nitrogen and oxygen atoms in total. The molecule has 1 amide bonds. The van der Waals surface area contributed by atoms with Gasteiger partial charge in [0.05, 0.1) is 17.2 Å². The Balaban J connectivity index is 1.90. The Morgan fingerprint density at radius 2 is 1.79 bits per heavy atom. The van der Waals surface area contributed by atoms with Crippen LogP contribution in [0.3, 0.4) is 0 Å². The molecule has 0 aromatic heterocycles. The summed E-state index contributed by atoms with van der Waals surface area (Å²) in [6, 6.07) is 11.1. The first-order valence-electron chi connectivity index (χ1n) is 7.14. The van der Waals surface area contributed by atoms with Crippen LogP contribution in [0.4, 0.5) is 5.69 Å². The van der Waals surface area contributed by atoms with E-state index in [0.717, 1.165) is 0 Å². The zero-order valence-corrected chi connectivity index (χ0v) is 14.4. The van der Waals surface area contributed by atoms with Crippen LogP contribution in [0.5, 0.6) is 5.75 Å². The van der Waals surface area contributed by atoms with Gasteiger partial charge in [-0.3, -0.25) is 4.79 Å². The number of ether oxygens (including phenoxy) is 2. The number of hydrogen-bond acceptors (Lipinski definition) is 4. The van der Waals surface area contributed by atoms with Crippen molar-refractivity contribution in [1.82, 2.24) is 0 Å². The number of hydrogen-bond donors (Lipinski definition) is 1. The molecule has 0 saturated carbocycles. The van der Waals surface area contributed by atoms with E-state index in [1.165, 1.54) is 6.07 Å². The van der Waals surface area contributed by atoms with Crippen molar-refractivity contribution in [3.8, 4) is 5.75 Å². The highest BCUT2D eigenvalue weighted by Crippen LogP contribution is 2.27. The quantitative estimate of drug-likeness (QED) is 0.777. The van der Waals surface area contributed by atoms with Crippen LogP contribution in [-0.4, -0.2) is 25.1 Å². The molecule has 0 aliphatic carbocycles. The highest BCUT2D eigenvalue weighted by molar-refractivity contribution is 6.34. The van der Waals surface area contributed by atoms with E-state index in [0.29, 0.717) is 33.7 Å². The molecule has 2 aromatic carbocycles. The SMILES string of the molecule is CCOC(=O)c1ccc(NC(=O)COc2cc(Cl)ccc2Cl)cc1. The third kappa shape index (κ3) is 5.15. The number of halogens is 2. The second-order valence-corrected chi connectivity index (χ2v) is 5.55. The van der Waals surface area contributed by atoms with E-state index in [-0.39, 0.29) is 12.5 Å². The van der Waals surface area contributed by atoms with Gasteiger partial charge < -0.3 is 14.8 Å². The monoisotopic (exact) mass is 367 g/mol. The minimum Gasteiger partial charge on any atom is -0.482 e. The van der Waals surface area contributed by atoms with Crippen LogP contribution in [0, 0.1) is 0 Å². The first kappa shape index (κ1) is 18.1. The average molecular weight is 368 g/mol. The fourth-order valence-corrected chi connectivity index (χ4v) is 2.17. The van der Waals surface area contributed by atoms with Crippen LogP contribution in [0.1, 0.15) is 17.3 Å². The van der Waals surface area contributed by atoms with Crippen LogP contribution in [0.2, 0.25) is 10.0 Å². The number of amides is 1. The van der Waals surface area contributed by atoms with Crippen molar-refractivity contribution in [2.75, 3.05) is 18.5 Å². The van der Waals surface area contributed by atoms with Crippen LogP contribution < -0.4 is 10.1 Å². The van der Waals surface area contributed by atoms with Crippen molar-refractivity contribution < 1.29 is 19.1 Å². The summed E-state index contributed by atoms with van der Waals surface area (Å²) in [7, 11) is 0. The molecule has 24 heavy (non-hydrogen) atoms. The lowest BCUT2D eigenvalue weighted by Crippen LogP contribution is -2.20. The maximum atomic E-state index is 11.9. The molecule has 1 N–H and O–H groups in total. The Labute approximate surface area is 149 Å². The second kappa shape index (κ2) is 8.57. The van der Waals surface area contributed by atoms with Crippen molar-refractivity contribution in [2.24, 2.45) is 0 Å². The van der Waals surface area contributed by atoms with E-state index < -0.39 is 5.97 Å².